The molecule has 2 rings (SSSR count). The molecule has 1 saturated heterocycles. The Bertz CT molecular complexity index is 482. The molecule has 1 aliphatic rings. The quantitative estimate of drug-likeness (QED) is 0.894. The summed E-state index contributed by atoms with van der Waals surface area (Å²) in [7, 11) is 1.57. The maximum Gasteiger partial charge on any atom is 0.255 e. The highest BCUT2D eigenvalue weighted by molar-refractivity contribution is 5.96. The van der Waals surface area contributed by atoms with Gasteiger partial charge in [0.2, 0.25) is 0 Å². The van der Waals surface area contributed by atoms with E-state index in [9.17, 15) is 4.79 Å². The van der Waals surface area contributed by atoms with E-state index >= 15 is 0 Å². The summed E-state index contributed by atoms with van der Waals surface area (Å²) in [5, 5.41) is 3.01. The second-order valence-corrected chi connectivity index (χ2v) is 5.79. The first-order chi connectivity index (χ1) is 10.0. The van der Waals surface area contributed by atoms with Crippen LogP contribution >= 0.6 is 0 Å². The normalized spacial score (nSPS) is 16.5. The number of rotatable bonds is 5. The number of carbonyl (C=O) groups is 1. The Balaban J connectivity index is 1.96. The fourth-order valence-corrected chi connectivity index (χ4v) is 2.50. The molecule has 21 heavy (non-hydrogen) atoms. The summed E-state index contributed by atoms with van der Waals surface area (Å²) in [4.78, 5) is 14.7. The van der Waals surface area contributed by atoms with Gasteiger partial charge in [-0.05, 0) is 26.0 Å². The summed E-state index contributed by atoms with van der Waals surface area (Å²) in [6, 6.07) is 7.26. The molecule has 5 heteroatoms. The van der Waals surface area contributed by atoms with Crippen LogP contribution < -0.4 is 10.1 Å². The fourth-order valence-electron chi connectivity index (χ4n) is 2.50. The minimum Gasteiger partial charge on any atom is -0.496 e. The molecule has 0 spiro atoms. The van der Waals surface area contributed by atoms with Crippen molar-refractivity contribution in [3.63, 3.8) is 0 Å². The third-order valence-electron chi connectivity index (χ3n) is 3.90. The lowest BCUT2D eigenvalue weighted by molar-refractivity contribution is -0.00923. The SMILES string of the molecule is COc1ccccc1C(=O)NCC(C)(C)N1CCOCC1. The van der Waals surface area contributed by atoms with Crippen molar-refractivity contribution in [3.05, 3.63) is 29.8 Å². The van der Waals surface area contributed by atoms with Crippen LogP contribution in [0, 0.1) is 0 Å². The number of nitrogens with one attached hydrogen (secondary N) is 1. The molecular weight excluding hydrogens is 268 g/mol. The van der Waals surface area contributed by atoms with Crippen molar-refractivity contribution in [2.75, 3.05) is 40.0 Å². The molecule has 0 radical (unpaired) electrons. The monoisotopic (exact) mass is 292 g/mol. The van der Waals surface area contributed by atoms with Crippen molar-refractivity contribution < 1.29 is 14.3 Å². The molecule has 0 aromatic heterocycles. The lowest BCUT2D eigenvalue weighted by Gasteiger charge is -2.40. The van der Waals surface area contributed by atoms with Gasteiger partial charge in [0.05, 0.1) is 25.9 Å². The Labute approximate surface area is 126 Å². The zero-order valence-electron chi connectivity index (χ0n) is 13.0. The number of para-hydroxylation sites is 1. The molecule has 1 heterocycles. The van der Waals surface area contributed by atoms with Gasteiger partial charge in [-0.2, -0.15) is 0 Å². The number of hydrogen-bond acceptors (Lipinski definition) is 4. The number of benzene rings is 1. The Kier molecular flexibility index (Phi) is 5.20. The number of nitrogens with zero attached hydrogens (tertiary/aromatic N) is 1. The first-order valence-corrected chi connectivity index (χ1v) is 7.28. The van der Waals surface area contributed by atoms with Gasteiger partial charge < -0.3 is 14.8 Å². The van der Waals surface area contributed by atoms with E-state index in [4.69, 9.17) is 9.47 Å². The predicted octanol–water partition coefficient (Wildman–Crippen LogP) is 1.54. The Morgan fingerprint density at radius 1 is 1.33 bits per heavy atom. The van der Waals surface area contributed by atoms with E-state index in [1.165, 1.54) is 0 Å². The predicted molar refractivity (Wildman–Crippen MR) is 81.8 cm³/mol. The maximum absolute atomic E-state index is 12.3. The van der Waals surface area contributed by atoms with Crippen molar-refractivity contribution >= 4 is 5.91 Å². The molecule has 0 bridgehead atoms. The number of ether oxygens (including phenoxy) is 2. The summed E-state index contributed by atoms with van der Waals surface area (Å²) >= 11 is 0. The average Bonchev–Trinajstić information content (AvgIpc) is 2.53. The van der Waals surface area contributed by atoms with Gasteiger partial charge in [-0.1, -0.05) is 12.1 Å². The van der Waals surface area contributed by atoms with Crippen LogP contribution in [0.2, 0.25) is 0 Å². The van der Waals surface area contributed by atoms with E-state index in [1.807, 2.05) is 12.1 Å². The molecule has 116 valence electrons. The van der Waals surface area contributed by atoms with Crippen molar-refractivity contribution in [1.82, 2.24) is 10.2 Å². The van der Waals surface area contributed by atoms with Crippen molar-refractivity contribution in [2.45, 2.75) is 19.4 Å². The molecule has 1 fully saturated rings. The third kappa shape index (κ3) is 3.95. The molecule has 5 nitrogen and oxygen atoms in total. The molecule has 0 saturated carbocycles. The summed E-state index contributed by atoms with van der Waals surface area (Å²) in [6.07, 6.45) is 0. The molecule has 1 aliphatic heterocycles. The van der Waals surface area contributed by atoms with Crippen LogP contribution in [0.25, 0.3) is 0 Å². The summed E-state index contributed by atoms with van der Waals surface area (Å²) in [5.41, 5.74) is 0.472. The van der Waals surface area contributed by atoms with Gasteiger partial charge in [0.15, 0.2) is 0 Å². The van der Waals surface area contributed by atoms with E-state index in [0.717, 1.165) is 26.3 Å². The standard InChI is InChI=1S/C16H24N2O3/c1-16(2,18-8-10-21-11-9-18)12-17-15(19)13-6-4-5-7-14(13)20-3/h4-7H,8-12H2,1-3H3,(H,17,19). The van der Waals surface area contributed by atoms with Crippen LogP contribution in [-0.2, 0) is 4.74 Å². The molecule has 1 N–H and O–H groups in total. The number of morpholine rings is 1. The number of amides is 1. The van der Waals surface area contributed by atoms with Crippen molar-refractivity contribution in [3.8, 4) is 5.75 Å². The number of hydrogen-bond donors (Lipinski definition) is 1. The van der Waals surface area contributed by atoms with Crippen LogP contribution in [0.5, 0.6) is 5.75 Å². The molecule has 0 unspecified atom stereocenters. The minimum absolute atomic E-state index is 0.0958. The lowest BCUT2D eigenvalue weighted by Crippen LogP contribution is -2.55. The highest BCUT2D eigenvalue weighted by Gasteiger charge is 2.28. The first-order valence-electron chi connectivity index (χ1n) is 7.28. The van der Waals surface area contributed by atoms with Gasteiger partial charge in [-0.25, -0.2) is 0 Å². The van der Waals surface area contributed by atoms with Gasteiger partial charge in [0.1, 0.15) is 5.75 Å². The van der Waals surface area contributed by atoms with Crippen LogP contribution in [-0.4, -0.2) is 56.3 Å². The van der Waals surface area contributed by atoms with E-state index in [1.54, 1.807) is 19.2 Å². The Morgan fingerprint density at radius 3 is 2.67 bits per heavy atom. The second-order valence-electron chi connectivity index (χ2n) is 5.79. The number of carbonyl (C=O) groups excluding carboxylic acids is 1. The van der Waals surface area contributed by atoms with Gasteiger partial charge in [0.25, 0.3) is 5.91 Å². The lowest BCUT2D eigenvalue weighted by atomic mass is 10.0. The van der Waals surface area contributed by atoms with Gasteiger partial charge in [-0.15, -0.1) is 0 Å². The van der Waals surface area contributed by atoms with Gasteiger partial charge >= 0.3 is 0 Å². The molecular formula is C16H24N2O3. The Hall–Kier alpha value is -1.59. The van der Waals surface area contributed by atoms with Crippen molar-refractivity contribution in [1.29, 1.82) is 0 Å². The zero-order chi connectivity index (χ0) is 15.3. The van der Waals surface area contributed by atoms with Gasteiger partial charge in [-0.3, -0.25) is 9.69 Å². The Morgan fingerprint density at radius 2 is 2.00 bits per heavy atom. The van der Waals surface area contributed by atoms with E-state index in [2.05, 4.69) is 24.1 Å². The summed E-state index contributed by atoms with van der Waals surface area (Å²) < 4.78 is 10.6. The molecule has 1 amide bonds. The van der Waals surface area contributed by atoms with Crippen LogP contribution in [0.15, 0.2) is 24.3 Å². The smallest absolute Gasteiger partial charge is 0.255 e. The van der Waals surface area contributed by atoms with Crippen LogP contribution in [0.4, 0.5) is 0 Å². The molecule has 1 aromatic carbocycles. The van der Waals surface area contributed by atoms with E-state index < -0.39 is 0 Å². The number of methoxy groups -OCH3 is 1. The highest BCUT2D eigenvalue weighted by Crippen LogP contribution is 2.18. The van der Waals surface area contributed by atoms with Crippen LogP contribution in [0.3, 0.4) is 0 Å². The van der Waals surface area contributed by atoms with Gasteiger partial charge in [0, 0.05) is 25.2 Å². The fraction of sp³-hybridized carbons (Fsp3) is 0.562. The van der Waals surface area contributed by atoms with E-state index in [0.29, 0.717) is 17.9 Å². The average molecular weight is 292 g/mol. The minimum atomic E-state index is -0.103. The highest BCUT2D eigenvalue weighted by atomic mass is 16.5. The van der Waals surface area contributed by atoms with E-state index in [-0.39, 0.29) is 11.4 Å². The first kappa shape index (κ1) is 15.8. The van der Waals surface area contributed by atoms with Crippen molar-refractivity contribution in [2.24, 2.45) is 0 Å². The third-order valence-corrected chi connectivity index (χ3v) is 3.90. The topological polar surface area (TPSA) is 50.8 Å². The second kappa shape index (κ2) is 6.91. The zero-order valence-corrected chi connectivity index (χ0v) is 13.0. The summed E-state index contributed by atoms with van der Waals surface area (Å²) in [6.45, 7) is 8.17. The molecule has 1 aromatic rings. The molecule has 0 aliphatic carbocycles. The largest absolute Gasteiger partial charge is 0.496 e. The van der Waals surface area contributed by atoms with Crippen LogP contribution in [0.1, 0.15) is 24.2 Å². The molecule has 0 atom stereocenters. The maximum atomic E-state index is 12.3. The summed E-state index contributed by atoms with van der Waals surface area (Å²) in [5.74, 6) is 0.493.